The first-order chi connectivity index (χ1) is 14.5. The van der Waals surface area contributed by atoms with E-state index in [2.05, 4.69) is 5.32 Å². The Hall–Kier alpha value is -3.02. The zero-order valence-electron chi connectivity index (χ0n) is 16.8. The highest BCUT2D eigenvalue weighted by molar-refractivity contribution is 7.99. The predicted octanol–water partition coefficient (Wildman–Crippen LogP) is 3.01. The lowest BCUT2D eigenvalue weighted by atomic mass is 10.2. The quantitative estimate of drug-likeness (QED) is 0.733. The van der Waals surface area contributed by atoms with Crippen LogP contribution in [0.15, 0.2) is 48.5 Å². The molecule has 8 heteroatoms. The number of ether oxygens (including phenoxy) is 2. The Balaban J connectivity index is 1.58. The maximum Gasteiger partial charge on any atom is 0.252 e. The van der Waals surface area contributed by atoms with Crippen LogP contribution < -0.4 is 10.1 Å². The lowest BCUT2D eigenvalue weighted by Crippen LogP contribution is -2.48. The van der Waals surface area contributed by atoms with Crippen molar-refractivity contribution in [2.75, 3.05) is 24.1 Å². The first kappa shape index (κ1) is 21.7. The fraction of sp³-hybridized carbons (Fsp3) is 0.318. The molecule has 1 heterocycles. The third-order valence-corrected chi connectivity index (χ3v) is 5.74. The van der Waals surface area contributed by atoms with Gasteiger partial charge in [-0.2, -0.15) is 5.26 Å². The Morgan fingerprint density at radius 3 is 2.77 bits per heavy atom. The lowest BCUT2D eigenvalue weighted by molar-refractivity contribution is -0.146. The van der Waals surface area contributed by atoms with Gasteiger partial charge in [0.2, 0.25) is 5.91 Å². The summed E-state index contributed by atoms with van der Waals surface area (Å²) in [5.74, 6) is 1.22. The van der Waals surface area contributed by atoms with E-state index in [1.54, 1.807) is 43.2 Å². The number of rotatable bonds is 7. The van der Waals surface area contributed by atoms with Gasteiger partial charge in [-0.3, -0.25) is 9.59 Å². The molecule has 2 amide bonds. The maximum absolute atomic E-state index is 12.9. The van der Waals surface area contributed by atoms with Crippen molar-refractivity contribution in [1.29, 1.82) is 5.26 Å². The molecular weight excluding hydrogens is 402 g/mol. The number of carbonyl (C=O) groups excluding carboxylic acids is 2. The van der Waals surface area contributed by atoms with Gasteiger partial charge in [-0.05, 0) is 48.9 Å². The summed E-state index contributed by atoms with van der Waals surface area (Å²) in [6.45, 7) is 1.97. The molecule has 7 nitrogen and oxygen atoms in total. The molecule has 1 saturated heterocycles. The van der Waals surface area contributed by atoms with Crippen LogP contribution in [0, 0.1) is 11.3 Å². The van der Waals surface area contributed by atoms with E-state index in [0.717, 1.165) is 11.3 Å². The Bertz CT molecular complexity index is 942. The molecule has 0 radical (unpaired) electrons. The number of nitrogens with one attached hydrogen (secondary N) is 1. The van der Waals surface area contributed by atoms with Gasteiger partial charge in [0.1, 0.15) is 17.9 Å². The molecule has 0 aliphatic carbocycles. The van der Waals surface area contributed by atoms with Crippen molar-refractivity contribution in [3.05, 3.63) is 59.7 Å². The number of amides is 2. The van der Waals surface area contributed by atoms with E-state index in [1.165, 1.54) is 11.8 Å². The summed E-state index contributed by atoms with van der Waals surface area (Å²) in [6.07, 6.45) is -0.680. The Labute approximate surface area is 180 Å². The summed E-state index contributed by atoms with van der Waals surface area (Å²) >= 11 is 1.53. The summed E-state index contributed by atoms with van der Waals surface area (Å²) in [7, 11) is 1.60. The number of nitriles is 1. The van der Waals surface area contributed by atoms with Gasteiger partial charge in [-0.1, -0.05) is 12.1 Å². The first-order valence-electron chi connectivity index (χ1n) is 9.45. The van der Waals surface area contributed by atoms with Gasteiger partial charge in [0, 0.05) is 11.4 Å². The summed E-state index contributed by atoms with van der Waals surface area (Å²) < 4.78 is 11.0. The van der Waals surface area contributed by atoms with Crippen LogP contribution in [0.1, 0.15) is 18.1 Å². The zero-order chi connectivity index (χ0) is 21.5. The van der Waals surface area contributed by atoms with Gasteiger partial charge in [-0.25, -0.2) is 0 Å². The number of hydrogen-bond acceptors (Lipinski definition) is 6. The van der Waals surface area contributed by atoms with Crippen LogP contribution in [-0.2, 0) is 20.9 Å². The van der Waals surface area contributed by atoms with Crippen LogP contribution in [0.4, 0.5) is 5.69 Å². The molecule has 1 aliphatic rings. The number of carbonyl (C=O) groups is 2. The van der Waals surface area contributed by atoms with Crippen molar-refractivity contribution in [3.8, 4) is 11.8 Å². The number of nitrogens with zero attached hydrogens (tertiary/aromatic N) is 2. The highest BCUT2D eigenvalue weighted by Gasteiger charge is 2.36. The summed E-state index contributed by atoms with van der Waals surface area (Å²) in [5, 5.41) is 11.7. The molecule has 3 rings (SSSR count). The van der Waals surface area contributed by atoms with E-state index < -0.39 is 12.1 Å². The SMILES string of the molecule is COc1cccc(COC(C)C(=O)N2CSCC2C(=O)Nc2ccc(C#N)cc2)c1. The maximum atomic E-state index is 12.9. The normalized spacial score (nSPS) is 16.6. The summed E-state index contributed by atoms with van der Waals surface area (Å²) in [6, 6.07) is 15.6. The highest BCUT2D eigenvalue weighted by atomic mass is 32.2. The van der Waals surface area contributed by atoms with Gasteiger partial charge >= 0.3 is 0 Å². The number of benzene rings is 2. The van der Waals surface area contributed by atoms with Crippen LogP contribution in [-0.4, -0.2) is 47.6 Å². The molecule has 2 unspecified atom stereocenters. The predicted molar refractivity (Wildman–Crippen MR) is 115 cm³/mol. The first-order valence-corrected chi connectivity index (χ1v) is 10.6. The molecule has 30 heavy (non-hydrogen) atoms. The van der Waals surface area contributed by atoms with Crippen LogP contribution in [0.3, 0.4) is 0 Å². The van der Waals surface area contributed by atoms with Crippen LogP contribution in [0.2, 0.25) is 0 Å². The second kappa shape index (κ2) is 10.1. The summed E-state index contributed by atoms with van der Waals surface area (Å²) in [5.41, 5.74) is 2.01. The van der Waals surface area contributed by atoms with E-state index in [-0.39, 0.29) is 18.4 Å². The molecule has 0 aromatic heterocycles. The van der Waals surface area contributed by atoms with Gasteiger partial charge in [0.15, 0.2) is 0 Å². The molecule has 0 bridgehead atoms. The second-order valence-electron chi connectivity index (χ2n) is 6.81. The van der Waals surface area contributed by atoms with E-state index in [0.29, 0.717) is 22.9 Å². The summed E-state index contributed by atoms with van der Waals surface area (Å²) in [4.78, 5) is 27.2. The van der Waals surface area contributed by atoms with Crippen LogP contribution in [0.25, 0.3) is 0 Å². The van der Waals surface area contributed by atoms with Crippen LogP contribution in [0.5, 0.6) is 5.75 Å². The molecule has 2 atom stereocenters. The minimum Gasteiger partial charge on any atom is -0.497 e. The van der Waals surface area contributed by atoms with E-state index >= 15 is 0 Å². The van der Waals surface area contributed by atoms with Crippen molar-refractivity contribution in [3.63, 3.8) is 0 Å². The Morgan fingerprint density at radius 2 is 2.07 bits per heavy atom. The third kappa shape index (κ3) is 5.32. The van der Waals surface area contributed by atoms with E-state index in [1.807, 2.05) is 30.3 Å². The molecule has 0 spiro atoms. The average Bonchev–Trinajstić information content (AvgIpc) is 3.27. The van der Waals surface area contributed by atoms with Crippen molar-refractivity contribution in [2.45, 2.75) is 25.7 Å². The number of hydrogen-bond donors (Lipinski definition) is 1. The molecule has 0 saturated carbocycles. The molecular formula is C22H23N3O4S. The standard InChI is InChI=1S/C22H23N3O4S/c1-15(29-12-17-4-3-5-19(10-17)28-2)22(27)25-14-30-13-20(25)21(26)24-18-8-6-16(11-23)7-9-18/h3-10,15,20H,12-14H2,1-2H3,(H,24,26). The Kier molecular flexibility index (Phi) is 7.33. The van der Waals surface area contributed by atoms with Crippen molar-refractivity contribution >= 4 is 29.3 Å². The van der Waals surface area contributed by atoms with E-state index in [9.17, 15) is 9.59 Å². The fourth-order valence-electron chi connectivity index (χ4n) is 3.02. The largest absolute Gasteiger partial charge is 0.497 e. The zero-order valence-corrected chi connectivity index (χ0v) is 17.6. The molecule has 1 N–H and O–H groups in total. The smallest absolute Gasteiger partial charge is 0.252 e. The Morgan fingerprint density at radius 1 is 1.30 bits per heavy atom. The molecule has 156 valence electrons. The minimum atomic E-state index is -0.680. The van der Waals surface area contributed by atoms with Gasteiger partial charge < -0.3 is 19.7 Å². The molecule has 2 aromatic rings. The number of thioether (sulfide) groups is 1. The van der Waals surface area contributed by atoms with Crippen molar-refractivity contribution in [2.24, 2.45) is 0 Å². The minimum absolute atomic E-state index is 0.220. The van der Waals surface area contributed by atoms with Crippen LogP contribution >= 0.6 is 11.8 Å². The van der Waals surface area contributed by atoms with Gasteiger partial charge in [0.25, 0.3) is 5.91 Å². The fourth-order valence-corrected chi connectivity index (χ4v) is 4.18. The number of methoxy groups -OCH3 is 1. The van der Waals surface area contributed by atoms with Crippen molar-refractivity contribution in [1.82, 2.24) is 4.90 Å². The number of anilines is 1. The average molecular weight is 426 g/mol. The topological polar surface area (TPSA) is 91.7 Å². The molecule has 2 aromatic carbocycles. The lowest BCUT2D eigenvalue weighted by Gasteiger charge is -2.26. The van der Waals surface area contributed by atoms with E-state index in [4.69, 9.17) is 14.7 Å². The molecule has 1 aliphatic heterocycles. The van der Waals surface area contributed by atoms with Gasteiger partial charge in [-0.15, -0.1) is 11.8 Å². The third-order valence-electron chi connectivity index (χ3n) is 4.73. The molecule has 1 fully saturated rings. The van der Waals surface area contributed by atoms with Crippen molar-refractivity contribution < 1.29 is 19.1 Å². The van der Waals surface area contributed by atoms with Gasteiger partial charge in [0.05, 0.1) is 31.2 Å². The second-order valence-corrected chi connectivity index (χ2v) is 7.81. The monoisotopic (exact) mass is 425 g/mol. The highest BCUT2D eigenvalue weighted by Crippen LogP contribution is 2.24.